The van der Waals surface area contributed by atoms with Crippen molar-refractivity contribution in [3.8, 4) is 11.4 Å². The molecule has 1 aromatic carbocycles. The third-order valence-corrected chi connectivity index (χ3v) is 6.38. The Bertz CT molecular complexity index is 1370. The molecule has 1 atom stereocenters. The Morgan fingerprint density at radius 3 is 2.74 bits per heavy atom. The van der Waals surface area contributed by atoms with E-state index in [1.54, 1.807) is 20.0 Å². The minimum absolute atomic E-state index is 0.102. The molecule has 12 heteroatoms. The minimum Gasteiger partial charge on any atom is -0.477 e. The number of anilines is 2. The molecule has 0 radical (unpaired) electrons. The van der Waals surface area contributed by atoms with Gasteiger partial charge < -0.3 is 26.0 Å². The molecule has 11 nitrogen and oxygen atoms in total. The highest BCUT2D eigenvalue weighted by Gasteiger charge is 2.19. The first-order valence-electron chi connectivity index (χ1n) is 11.0. The van der Waals surface area contributed by atoms with E-state index < -0.39 is 5.97 Å². The van der Waals surface area contributed by atoms with Crippen LogP contribution in [0.1, 0.15) is 40.5 Å². The topological polar surface area (TPSA) is 169 Å². The minimum atomic E-state index is -1.07. The van der Waals surface area contributed by atoms with Gasteiger partial charge in [-0.3, -0.25) is 4.79 Å². The summed E-state index contributed by atoms with van der Waals surface area (Å²) in [6, 6.07) is 7.44. The first-order valence-corrected chi connectivity index (χ1v) is 11.8. The second-order valence-electron chi connectivity index (χ2n) is 8.00. The van der Waals surface area contributed by atoms with Crippen LogP contribution in [0.5, 0.6) is 0 Å². The molecule has 0 fully saturated rings. The van der Waals surface area contributed by atoms with Crippen molar-refractivity contribution >= 4 is 44.9 Å². The van der Waals surface area contributed by atoms with E-state index in [0.717, 1.165) is 27.7 Å². The van der Waals surface area contributed by atoms with Crippen molar-refractivity contribution < 1.29 is 19.2 Å². The van der Waals surface area contributed by atoms with Crippen LogP contribution in [0.3, 0.4) is 0 Å². The lowest BCUT2D eigenvalue weighted by atomic mass is 10.0. The van der Waals surface area contributed by atoms with Gasteiger partial charge in [-0.05, 0) is 43.8 Å². The largest absolute Gasteiger partial charge is 0.477 e. The monoisotopic (exact) mass is 495 g/mol. The van der Waals surface area contributed by atoms with Crippen molar-refractivity contribution in [1.29, 1.82) is 0 Å². The summed E-state index contributed by atoms with van der Waals surface area (Å²) in [6.07, 6.45) is 3.18. The number of hydrogen-bond donors (Lipinski definition) is 4. The van der Waals surface area contributed by atoms with Crippen LogP contribution in [0.4, 0.5) is 10.9 Å². The number of carbonyl (C=O) groups is 2. The fourth-order valence-electron chi connectivity index (χ4n) is 3.66. The molecule has 4 rings (SSSR count). The van der Waals surface area contributed by atoms with Gasteiger partial charge >= 0.3 is 5.97 Å². The summed E-state index contributed by atoms with van der Waals surface area (Å²) in [6.45, 7) is 3.81. The van der Waals surface area contributed by atoms with Crippen molar-refractivity contribution in [2.75, 3.05) is 17.2 Å². The van der Waals surface area contributed by atoms with Gasteiger partial charge in [0.2, 0.25) is 17.6 Å². The molecule has 0 saturated carbocycles. The van der Waals surface area contributed by atoms with E-state index in [4.69, 9.17) is 10.3 Å². The van der Waals surface area contributed by atoms with Gasteiger partial charge in [0.15, 0.2) is 5.13 Å². The Hall–Kier alpha value is -3.90. The average Bonchev–Trinajstić information content (AvgIpc) is 3.42. The highest BCUT2D eigenvalue weighted by atomic mass is 32.1. The summed E-state index contributed by atoms with van der Waals surface area (Å²) in [5.74, 6) is 0.229. The van der Waals surface area contributed by atoms with Crippen molar-refractivity contribution in [2.45, 2.75) is 39.2 Å². The van der Waals surface area contributed by atoms with Crippen LogP contribution in [-0.2, 0) is 4.79 Å². The molecule has 3 heterocycles. The van der Waals surface area contributed by atoms with E-state index in [1.165, 1.54) is 0 Å². The molecule has 35 heavy (non-hydrogen) atoms. The number of nitrogens with zero attached hydrogens (tertiary/aromatic N) is 4. The number of nitrogens with one attached hydrogen (secondary N) is 2. The molecule has 0 unspecified atom stereocenters. The van der Waals surface area contributed by atoms with Gasteiger partial charge in [0.1, 0.15) is 10.7 Å². The first-order chi connectivity index (χ1) is 16.8. The van der Waals surface area contributed by atoms with Crippen LogP contribution < -0.4 is 16.4 Å². The Morgan fingerprint density at radius 2 is 2.06 bits per heavy atom. The highest BCUT2D eigenvalue weighted by molar-refractivity contribution is 7.17. The van der Waals surface area contributed by atoms with Gasteiger partial charge in [0, 0.05) is 36.5 Å². The fourth-order valence-corrected chi connectivity index (χ4v) is 4.49. The van der Waals surface area contributed by atoms with Crippen LogP contribution in [0.25, 0.3) is 22.2 Å². The molecule has 182 valence electrons. The molecule has 5 N–H and O–H groups in total. The maximum atomic E-state index is 12.8. The number of rotatable bonds is 10. The predicted octanol–water partition coefficient (Wildman–Crippen LogP) is 3.60. The second-order valence-corrected chi connectivity index (χ2v) is 8.99. The number of aromatic nitrogens is 4. The quantitative estimate of drug-likeness (QED) is 0.255. The third kappa shape index (κ3) is 5.78. The molecule has 0 bridgehead atoms. The van der Waals surface area contributed by atoms with Crippen LogP contribution in [0.2, 0.25) is 0 Å². The summed E-state index contributed by atoms with van der Waals surface area (Å²) in [4.78, 5) is 37.1. The van der Waals surface area contributed by atoms with Crippen molar-refractivity contribution in [3.05, 3.63) is 46.9 Å². The van der Waals surface area contributed by atoms with E-state index in [0.29, 0.717) is 42.6 Å². The number of carboxylic acids is 1. The van der Waals surface area contributed by atoms with E-state index in [1.807, 2.05) is 24.3 Å². The number of carbonyl (C=O) groups excluding carboxylic acids is 1. The Morgan fingerprint density at radius 1 is 1.23 bits per heavy atom. The standard InChI is InChI=1S/C23H25N7O4S/c1-12-19(22(32)33)35-23(26-12)29-18(31)11-16(4-3-8-24)28-21-17-10-15(20-27-13(2)34-30-20)6-5-14(17)7-9-25-21/h5-7,9-10,16H,3-4,8,11,24H2,1-2H3,(H,25,28)(H,32,33)(H,26,29,31)/t16-/m0/s1. The molecule has 0 aliphatic rings. The Balaban J connectivity index is 1.54. The molecular weight excluding hydrogens is 470 g/mol. The smallest absolute Gasteiger partial charge is 0.347 e. The molecular formula is C23H25N7O4S. The first kappa shape index (κ1) is 24.2. The summed E-state index contributed by atoms with van der Waals surface area (Å²) >= 11 is 0.933. The van der Waals surface area contributed by atoms with Gasteiger partial charge in [0.25, 0.3) is 0 Å². The maximum Gasteiger partial charge on any atom is 0.347 e. The van der Waals surface area contributed by atoms with E-state index in [2.05, 4.69) is 30.7 Å². The lowest BCUT2D eigenvalue weighted by Gasteiger charge is -2.20. The highest BCUT2D eigenvalue weighted by Crippen LogP contribution is 2.28. The molecule has 4 aromatic rings. The summed E-state index contributed by atoms with van der Waals surface area (Å²) < 4.78 is 5.10. The zero-order valence-corrected chi connectivity index (χ0v) is 20.1. The van der Waals surface area contributed by atoms with E-state index in [9.17, 15) is 14.7 Å². The number of pyridine rings is 1. The molecule has 0 aliphatic carbocycles. The van der Waals surface area contributed by atoms with Crippen LogP contribution >= 0.6 is 11.3 Å². The third-order valence-electron chi connectivity index (χ3n) is 5.32. The molecule has 3 aromatic heterocycles. The second kappa shape index (κ2) is 10.6. The lowest BCUT2D eigenvalue weighted by Crippen LogP contribution is -2.27. The van der Waals surface area contributed by atoms with E-state index in [-0.39, 0.29) is 28.4 Å². The summed E-state index contributed by atoms with van der Waals surface area (Å²) in [7, 11) is 0. The normalized spacial score (nSPS) is 12.0. The molecule has 0 aliphatic heterocycles. The van der Waals surface area contributed by atoms with Crippen molar-refractivity contribution in [1.82, 2.24) is 20.1 Å². The van der Waals surface area contributed by atoms with Gasteiger partial charge in [-0.1, -0.05) is 28.6 Å². The Labute approximate surface area is 204 Å². The van der Waals surface area contributed by atoms with Crippen LogP contribution in [0.15, 0.2) is 35.0 Å². The van der Waals surface area contributed by atoms with Crippen molar-refractivity contribution in [2.24, 2.45) is 5.73 Å². The predicted molar refractivity (Wildman–Crippen MR) is 133 cm³/mol. The maximum absolute atomic E-state index is 12.8. The van der Waals surface area contributed by atoms with Gasteiger partial charge in [0.05, 0.1) is 5.69 Å². The Kier molecular flexibility index (Phi) is 7.32. The van der Waals surface area contributed by atoms with Gasteiger partial charge in [-0.25, -0.2) is 14.8 Å². The number of aryl methyl sites for hydroxylation is 2. The zero-order chi connectivity index (χ0) is 24.9. The number of fused-ring (bicyclic) bond motifs is 1. The zero-order valence-electron chi connectivity index (χ0n) is 19.2. The van der Waals surface area contributed by atoms with Crippen LogP contribution in [-0.4, -0.2) is 49.7 Å². The number of hydrogen-bond acceptors (Lipinski definition) is 10. The van der Waals surface area contributed by atoms with Gasteiger partial charge in [-0.15, -0.1) is 0 Å². The lowest BCUT2D eigenvalue weighted by molar-refractivity contribution is -0.116. The summed E-state index contributed by atoms with van der Waals surface area (Å²) in [5.41, 5.74) is 6.87. The number of aromatic carboxylic acids is 1. The van der Waals surface area contributed by atoms with Crippen LogP contribution in [0, 0.1) is 13.8 Å². The van der Waals surface area contributed by atoms with Crippen molar-refractivity contribution in [3.63, 3.8) is 0 Å². The van der Waals surface area contributed by atoms with E-state index >= 15 is 0 Å². The number of thiazole rings is 1. The number of amides is 1. The molecule has 1 amide bonds. The number of nitrogens with two attached hydrogens (primary N) is 1. The number of carboxylic acid groups (broad SMARTS) is 1. The SMILES string of the molecule is Cc1nc(-c2ccc3ccnc(N[C@@H](CCCN)CC(=O)Nc4nc(C)c(C(=O)O)s4)c3c2)no1. The molecule has 0 saturated heterocycles. The average molecular weight is 496 g/mol. The van der Waals surface area contributed by atoms with Gasteiger partial charge in [-0.2, -0.15) is 4.98 Å². The molecule has 0 spiro atoms. The fraction of sp³-hybridized carbons (Fsp3) is 0.304. The number of benzene rings is 1. The summed E-state index contributed by atoms with van der Waals surface area (Å²) in [5, 5.41) is 21.4.